The normalized spacial score (nSPS) is 11.6. The summed E-state index contributed by atoms with van der Waals surface area (Å²) in [6.07, 6.45) is 0.403. The van der Waals surface area contributed by atoms with E-state index in [1.807, 2.05) is 42.5 Å². The Hall–Kier alpha value is -2.47. The molecule has 7 heteroatoms. The highest BCUT2D eigenvalue weighted by Gasteiger charge is 2.30. The zero-order valence-corrected chi connectivity index (χ0v) is 21.6. The van der Waals surface area contributed by atoms with Gasteiger partial charge in [0, 0.05) is 35.8 Å². The van der Waals surface area contributed by atoms with Crippen LogP contribution in [-0.2, 0) is 28.3 Å². The van der Waals surface area contributed by atoms with Crippen molar-refractivity contribution in [2.45, 2.75) is 31.7 Å². The minimum absolute atomic E-state index is 0.117. The number of carbonyl (C=O) groups excluding carboxylic acids is 2. The quantitative estimate of drug-likeness (QED) is 0.365. The van der Waals surface area contributed by atoms with Crippen LogP contribution in [0.5, 0.6) is 0 Å². The Kier molecular flexibility index (Phi) is 9.87. The number of rotatable bonds is 10. The fourth-order valence-corrected chi connectivity index (χ4v) is 5.11. The number of thioether (sulfide) groups is 1. The Bertz CT molecular complexity index is 1120. The van der Waals surface area contributed by atoms with Gasteiger partial charge in [0.05, 0.1) is 5.75 Å². The minimum Gasteiger partial charge on any atom is -0.357 e. The van der Waals surface area contributed by atoms with Gasteiger partial charge in [-0.25, -0.2) is 0 Å². The second kappa shape index (κ2) is 12.8. The lowest BCUT2D eigenvalue weighted by atomic mass is 10.0. The van der Waals surface area contributed by atoms with Gasteiger partial charge in [-0.15, -0.1) is 11.8 Å². The number of halogens is 2. The molecule has 2 amide bonds. The maximum atomic E-state index is 13.5. The SMILES string of the molecule is CNC(=O)C(Cc1ccccc1)N(Cc1ccc(Cl)cc1Cl)C(=O)CSCc1ccccc1C. The third-order valence-electron chi connectivity index (χ3n) is 5.62. The summed E-state index contributed by atoms with van der Waals surface area (Å²) in [4.78, 5) is 28.1. The van der Waals surface area contributed by atoms with E-state index >= 15 is 0 Å². The second-order valence-electron chi connectivity index (χ2n) is 8.00. The Balaban J connectivity index is 1.85. The molecule has 0 aliphatic carbocycles. The number of hydrogen-bond acceptors (Lipinski definition) is 3. The van der Waals surface area contributed by atoms with Gasteiger partial charge < -0.3 is 10.2 Å². The van der Waals surface area contributed by atoms with Gasteiger partial charge in [0.1, 0.15) is 6.04 Å². The number of amides is 2. The summed E-state index contributed by atoms with van der Waals surface area (Å²) in [5.41, 5.74) is 4.10. The Labute approximate surface area is 215 Å². The summed E-state index contributed by atoms with van der Waals surface area (Å²) in [6.45, 7) is 2.28. The van der Waals surface area contributed by atoms with E-state index in [2.05, 4.69) is 24.4 Å². The van der Waals surface area contributed by atoms with Gasteiger partial charge in [-0.3, -0.25) is 9.59 Å². The Morgan fingerprint density at radius 3 is 2.35 bits per heavy atom. The molecule has 0 saturated carbocycles. The van der Waals surface area contributed by atoms with E-state index in [4.69, 9.17) is 23.2 Å². The predicted octanol–water partition coefficient (Wildman–Crippen LogP) is 5.92. The van der Waals surface area contributed by atoms with Crippen LogP contribution in [0.15, 0.2) is 72.8 Å². The first-order chi connectivity index (χ1) is 16.4. The summed E-state index contributed by atoms with van der Waals surface area (Å²) in [5, 5.41) is 3.71. The molecule has 3 aromatic rings. The maximum absolute atomic E-state index is 13.5. The number of nitrogens with zero attached hydrogens (tertiary/aromatic N) is 1. The van der Waals surface area contributed by atoms with E-state index in [-0.39, 0.29) is 24.1 Å². The molecule has 0 aliphatic rings. The van der Waals surface area contributed by atoms with Gasteiger partial charge in [-0.05, 0) is 41.3 Å². The number of carbonyl (C=O) groups is 2. The number of likely N-dealkylation sites (N-methyl/N-ethyl adjacent to an activating group) is 1. The topological polar surface area (TPSA) is 49.4 Å². The van der Waals surface area contributed by atoms with E-state index in [1.54, 1.807) is 41.9 Å². The highest BCUT2D eigenvalue weighted by atomic mass is 35.5. The maximum Gasteiger partial charge on any atom is 0.242 e. The van der Waals surface area contributed by atoms with Gasteiger partial charge in [-0.1, -0.05) is 83.9 Å². The van der Waals surface area contributed by atoms with Crippen LogP contribution in [0.4, 0.5) is 0 Å². The molecule has 3 rings (SSSR count). The van der Waals surface area contributed by atoms with Crippen molar-refractivity contribution in [2.75, 3.05) is 12.8 Å². The first-order valence-corrected chi connectivity index (χ1v) is 12.9. The van der Waals surface area contributed by atoms with E-state index in [1.165, 1.54) is 11.1 Å². The molecular formula is C27H28Cl2N2O2S. The number of benzene rings is 3. The van der Waals surface area contributed by atoms with Crippen LogP contribution in [0, 0.1) is 6.92 Å². The smallest absolute Gasteiger partial charge is 0.242 e. The summed E-state index contributed by atoms with van der Waals surface area (Å²) in [5.74, 6) is 0.638. The first-order valence-electron chi connectivity index (χ1n) is 11.0. The summed E-state index contributed by atoms with van der Waals surface area (Å²) >= 11 is 14.0. The lowest BCUT2D eigenvalue weighted by Gasteiger charge is -2.31. The van der Waals surface area contributed by atoms with Crippen LogP contribution in [0.25, 0.3) is 0 Å². The van der Waals surface area contributed by atoms with Gasteiger partial charge in [0.2, 0.25) is 11.8 Å². The largest absolute Gasteiger partial charge is 0.357 e. The van der Waals surface area contributed by atoms with E-state index < -0.39 is 6.04 Å². The van der Waals surface area contributed by atoms with Gasteiger partial charge in [-0.2, -0.15) is 0 Å². The molecule has 0 saturated heterocycles. The Morgan fingerprint density at radius 2 is 1.68 bits per heavy atom. The fourth-order valence-electron chi connectivity index (χ4n) is 3.66. The molecular weight excluding hydrogens is 487 g/mol. The highest BCUT2D eigenvalue weighted by Crippen LogP contribution is 2.25. The molecule has 3 aromatic carbocycles. The van der Waals surface area contributed by atoms with Crippen molar-refractivity contribution in [1.82, 2.24) is 10.2 Å². The number of hydrogen-bond donors (Lipinski definition) is 1. The average molecular weight is 516 g/mol. The lowest BCUT2D eigenvalue weighted by Crippen LogP contribution is -2.50. The molecule has 0 spiro atoms. The van der Waals surface area contributed by atoms with Crippen molar-refractivity contribution in [2.24, 2.45) is 0 Å². The van der Waals surface area contributed by atoms with Crippen LogP contribution in [-0.4, -0.2) is 35.6 Å². The molecule has 0 radical (unpaired) electrons. The van der Waals surface area contributed by atoms with Gasteiger partial charge >= 0.3 is 0 Å². The van der Waals surface area contributed by atoms with Crippen molar-refractivity contribution >= 4 is 46.8 Å². The average Bonchev–Trinajstić information content (AvgIpc) is 2.83. The predicted molar refractivity (Wildman–Crippen MR) is 142 cm³/mol. The monoisotopic (exact) mass is 514 g/mol. The van der Waals surface area contributed by atoms with E-state index in [0.29, 0.717) is 16.5 Å². The minimum atomic E-state index is -0.675. The van der Waals surface area contributed by atoms with Gasteiger partial charge in [0.15, 0.2) is 0 Å². The van der Waals surface area contributed by atoms with E-state index in [0.717, 1.165) is 16.9 Å². The highest BCUT2D eigenvalue weighted by molar-refractivity contribution is 7.99. The van der Waals surface area contributed by atoms with Crippen molar-refractivity contribution in [3.05, 3.63) is 105 Å². The standard InChI is InChI=1S/C27H28Cl2N2O2S/c1-19-8-6-7-11-22(19)17-34-18-26(32)31(16-21-12-13-23(28)15-24(21)29)25(27(33)30-2)14-20-9-4-3-5-10-20/h3-13,15,25H,14,16-18H2,1-2H3,(H,30,33). The fraction of sp³-hybridized carbons (Fsp3) is 0.259. The molecule has 4 nitrogen and oxygen atoms in total. The van der Waals surface area contributed by atoms with Gasteiger partial charge in [0.25, 0.3) is 0 Å². The van der Waals surface area contributed by atoms with Crippen molar-refractivity contribution in [3.8, 4) is 0 Å². The molecule has 0 heterocycles. The molecule has 0 fully saturated rings. The number of nitrogens with one attached hydrogen (secondary N) is 1. The molecule has 34 heavy (non-hydrogen) atoms. The van der Waals surface area contributed by atoms with Crippen molar-refractivity contribution < 1.29 is 9.59 Å². The molecule has 0 aromatic heterocycles. The number of aryl methyl sites for hydroxylation is 1. The molecule has 178 valence electrons. The summed E-state index contributed by atoms with van der Waals surface area (Å²) in [6, 6.07) is 22.4. The van der Waals surface area contributed by atoms with Crippen molar-refractivity contribution in [3.63, 3.8) is 0 Å². The van der Waals surface area contributed by atoms with Crippen LogP contribution in [0.3, 0.4) is 0 Å². The molecule has 1 N–H and O–H groups in total. The van der Waals surface area contributed by atoms with Crippen LogP contribution >= 0.6 is 35.0 Å². The molecule has 1 unspecified atom stereocenters. The third kappa shape index (κ3) is 7.26. The van der Waals surface area contributed by atoms with E-state index in [9.17, 15) is 9.59 Å². The molecule has 0 bridgehead atoms. The first kappa shape index (κ1) is 26.1. The Morgan fingerprint density at radius 1 is 0.971 bits per heavy atom. The summed E-state index contributed by atoms with van der Waals surface area (Å²) in [7, 11) is 1.59. The lowest BCUT2D eigenvalue weighted by molar-refractivity contribution is -0.139. The van der Waals surface area contributed by atoms with Crippen LogP contribution in [0.1, 0.15) is 22.3 Å². The molecule has 1 atom stereocenters. The van der Waals surface area contributed by atoms with Crippen LogP contribution in [0.2, 0.25) is 10.0 Å². The molecule has 0 aliphatic heterocycles. The zero-order chi connectivity index (χ0) is 24.5. The second-order valence-corrected chi connectivity index (χ2v) is 9.83. The summed E-state index contributed by atoms with van der Waals surface area (Å²) < 4.78 is 0. The zero-order valence-electron chi connectivity index (χ0n) is 19.3. The third-order valence-corrected chi connectivity index (χ3v) is 7.17. The van der Waals surface area contributed by atoms with Crippen molar-refractivity contribution in [1.29, 1.82) is 0 Å². The van der Waals surface area contributed by atoms with Crippen LogP contribution < -0.4 is 5.32 Å².